The number of aromatic hydroxyl groups is 2. The molecule has 0 unspecified atom stereocenters. The molecule has 1 aromatic heterocycles. The monoisotopic (exact) mass is 335 g/mol. The molecule has 0 spiro atoms. The molecule has 0 saturated carbocycles. The molecule has 0 aliphatic carbocycles. The van der Waals surface area contributed by atoms with Gasteiger partial charge in [-0.15, -0.1) is 0 Å². The van der Waals surface area contributed by atoms with Gasteiger partial charge in [0.25, 0.3) is 5.88 Å². The molecule has 2 aromatic rings. The minimum Gasteiger partial charge on any atom is -0.502 e. The van der Waals surface area contributed by atoms with Crippen molar-refractivity contribution in [1.82, 2.24) is 0 Å². The summed E-state index contributed by atoms with van der Waals surface area (Å²) in [5.41, 5.74) is -0.283. The maximum atomic E-state index is 13.8. The van der Waals surface area contributed by atoms with Crippen molar-refractivity contribution in [3.8, 4) is 22.8 Å². The van der Waals surface area contributed by atoms with Gasteiger partial charge in [-0.1, -0.05) is 17.7 Å². The fraction of sp³-hybridized carbons (Fsp3) is 0.167. The van der Waals surface area contributed by atoms with Crippen LogP contribution in [0.25, 0.3) is 11.3 Å². The second-order valence-electron chi connectivity index (χ2n) is 4.06. The highest BCUT2D eigenvalue weighted by Crippen LogP contribution is 2.47. The highest BCUT2D eigenvalue weighted by Gasteiger charge is 2.26. The van der Waals surface area contributed by atoms with Crippen molar-refractivity contribution < 1.29 is 27.4 Å². The average molecular weight is 336 g/mol. The molecular formula is C12H11ClFNO5S. The zero-order valence-corrected chi connectivity index (χ0v) is 12.3. The van der Waals surface area contributed by atoms with Crippen LogP contribution in [0.5, 0.6) is 11.5 Å². The SMILES string of the molecule is CCS(=O)(=O)Nc1oc(-c2c(F)cccc2Cl)c(O)c1O. The Morgan fingerprint density at radius 2 is 2.00 bits per heavy atom. The Hall–Kier alpha value is -1.93. The Morgan fingerprint density at radius 3 is 2.57 bits per heavy atom. The Kier molecular flexibility index (Phi) is 4.02. The number of benzene rings is 1. The summed E-state index contributed by atoms with van der Waals surface area (Å²) in [5, 5.41) is 19.4. The number of hydrogen-bond donors (Lipinski definition) is 3. The Morgan fingerprint density at radius 1 is 1.33 bits per heavy atom. The van der Waals surface area contributed by atoms with Crippen LogP contribution < -0.4 is 4.72 Å². The summed E-state index contributed by atoms with van der Waals surface area (Å²) in [7, 11) is -3.74. The van der Waals surface area contributed by atoms with Crippen LogP contribution in [0.4, 0.5) is 10.3 Å². The second kappa shape index (κ2) is 5.45. The van der Waals surface area contributed by atoms with Gasteiger partial charge in [0.15, 0.2) is 5.76 Å². The topological polar surface area (TPSA) is 99.8 Å². The number of anilines is 1. The highest BCUT2D eigenvalue weighted by atomic mass is 35.5. The van der Waals surface area contributed by atoms with Crippen molar-refractivity contribution in [2.75, 3.05) is 10.5 Å². The number of sulfonamides is 1. The van der Waals surface area contributed by atoms with Gasteiger partial charge in [-0.3, -0.25) is 0 Å². The lowest BCUT2D eigenvalue weighted by Gasteiger charge is -2.03. The van der Waals surface area contributed by atoms with Crippen molar-refractivity contribution >= 4 is 27.5 Å². The standard InChI is InChI=1S/C12H11ClFNO5S/c1-2-21(18,19)15-12-10(17)9(16)11(20-12)8-6(13)4-3-5-7(8)14/h3-5,15-17H,2H2,1H3. The third kappa shape index (κ3) is 2.91. The molecule has 0 bridgehead atoms. The van der Waals surface area contributed by atoms with Crippen molar-refractivity contribution in [2.45, 2.75) is 6.92 Å². The molecule has 0 fully saturated rings. The molecule has 0 aliphatic heterocycles. The van der Waals surface area contributed by atoms with Gasteiger partial charge < -0.3 is 14.6 Å². The molecule has 0 atom stereocenters. The van der Waals surface area contributed by atoms with Gasteiger partial charge in [-0.2, -0.15) is 0 Å². The fourth-order valence-corrected chi connectivity index (χ4v) is 2.39. The first-order valence-electron chi connectivity index (χ1n) is 5.76. The highest BCUT2D eigenvalue weighted by molar-refractivity contribution is 7.92. The summed E-state index contributed by atoms with van der Waals surface area (Å²) >= 11 is 5.83. The summed E-state index contributed by atoms with van der Waals surface area (Å²) in [6.07, 6.45) is 0. The quantitative estimate of drug-likeness (QED) is 0.797. The molecule has 21 heavy (non-hydrogen) atoms. The molecule has 2 rings (SSSR count). The summed E-state index contributed by atoms with van der Waals surface area (Å²) < 4.78 is 43.6. The molecule has 0 radical (unpaired) electrons. The predicted octanol–water partition coefficient (Wildman–Crippen LogP) is 2.91. The minimum absolute atomic E-state index is 0.0658. The van der Waals surface area contributed by atoms with Crippen molar-refractivity contribution in [2.24, 2.45) is 0 Å². The van der Waals surface area contributed by atoms with Crippen LogP contribution >= 0.6 is 11.6 Å². The van der Waals surface area contributed by atoms with E-state index in [1.807, 2.05) is 4.72 Å². The summed E-state index contributed by atoms with van der Waals surface area (Å²) in [5.74, 6) is -3.80. The van der Waals surface area contributed by atoms with Gasteiger partial charge >= 0.3 is 0 Å². The largest absolute Gasteiger partial charge is 0.502 e. The number of hydrogen-bond acceptors (Lipinski definition) is 5. The minimum atomic E-state index is -3.74. The number of rotatable bonds is 4. The predicted molar refractivity (Wildman–Crippen MR) is 75.5 cm³/mol. The van der Waals surface area contributed by atoms with Crippen LogP contribution in [0.2, 0.25) is 5.02 Å². The lowest BCUT2D eigenvalue weighted by Crippen LogP contribution is -2.14. The van der Waals surface area contributed by atoms with E-state index >= 15 is 0 Å². The van der Waals surface area contributed by atoms with E-state index in [9.17, 15) is 23.0 Å². The molecule has 1 heterocycles. The zero-order valence-electron chi connectivity index (χ0n) is 10.7. The third-order valence-electron chi connectivity index (χ3n) is 2.68. The average Bonchev–Trinajstić information content (AvgIpc) is 2.67. The third-order valence-corrected chi connectivity index (χ3v) is 4.25. The number of halogens is 2. The molecular weight excluding hydrogens is 325 g/mol. The van der Waals surface area contributed by atoms with E-state index in [1.165, 1.54) is 19.1 Å². The van der Waals surface area contributed by atoms with Crippen molar-refractivity contribution in [1.29, 1.82) is 0 Å². The van der Waals surface area contributed by atoms with Gasteiger partial charge in [0.2, 0.25) is 21.5 Å². The van der Waals surface area contributed by atoms with E-state index < -0.39 is 39.0 Å². The second-order valence-corrected chi connectivity index (χ2v) is 6.48. The van der Waals surface area contributed by atoms with Crippen molar-refractivity contribution in [3.05, 3.63) is 29.0 Å². The normalized spacial score (nSPS) is 11.6. The van der Waals surface area contributed by atoms with E-state index in [0.29, 0.717) is 0 Å². The van der Waals surface area contributed by atoms with Crippen LogP contribution in [-0.4, -0.2) is 24.4 Å². The van der Waals surface area contributed by atoms with Gasteiger partial charge in [0.1, 0.15) is 5.82 Å². The molecule has 0 saturated heterocycles. The first-order valence-corrected chi connectivity index (χ1v) is 7.79. The molecule has 0 amide bonds. The summed E-state index contributed by atoms with van der Waals surface area (Å²) in [6, 6.07) is 3.78. The van der Waals surface area contributed by atoms with E-state index in [0.717, 1.165) is 6.07 Å². The maximum absolute atomic E-state index is 13.8. The first kappa shape index (κ1) is 15.5. The maximum Gasteiger partial charge on any atom is 0.253 e. The zero-order chi connectivity index (χ0) is 15.8. The fourth-order valence-electron chi connectivity index (χ4n) is 1.58. The van der Waals surface area contributed by atoms with E-state index in [4.69, 9.17) is 16.0 Å². The summed E-state index contributed by atoms with van der Waals surface area (Å²) in [4.78, 5) is 0. The first-order chi connectivity index (χ1) is 9.76. The Labute approximate surface area is 124 Å². The van der Waals surface area contributed by atoms with Gasteiger partial charge in [0.05, 0.1) is 16.3 Å². The molecule has 1 aromatic carbocycles. The smallest absolute Gasteiger partial charge is 0.253 e. The molecule has 0 aliphatic rings. The van der Waals surface area contributed by atoms with Crippen molar-refractivity contribution in [3.63, 3.8) is 0 Å². The number of furan rings is 1. The van der Waals surface area contributed by atoms with E-state index in [1.54, 1.807) is 0 Å². The lowest BCUT2D eigenvalue weighted by atomic mass is 10.1. The van der Waals surface area contributed by atoms with Crippen LogP contribution in [0, 0.1) is 5.82 Å². The van der Waals surface area contributed by atoms with E-state index in [2.05, 4.69) is 0 Å². The number of nitrogens with one attached hydrogen (secondary N) is 1. The van der Waals surface area contributed by atoms with Gasteiger partial charge in [-0.25, -0.2) is 17.5 Å². The van der Waals surface area contributed by atoms with E-state index in [-0.39, 0.29) is 16.3 Å². The molecule has 114 valence electrons. The lowest BCUT2D eigenvalue weighted by molar-refractivity contribution is 0.410. The van der Waals surface area contributed by atoms with Gasteiger partial charge in [0, 0.05) is 0 Å². The van der Waals surface area contributed by atoms with Gasteiger partial charge in [-0.05, 0) is 19.1 Å². The molecule has 3 N–H and O–H groups in total. The molecule has 6 nitrogen and oxygen atoms in total. The van der Waals surface area contributed by atoms with Crippen LogP contribution in [0.3, 0.4) is 0 Å². The molecule has 9 heteroatoms. The Balaban J connectivity index is 2.58. The van der Waals surface area contributed by atoms with Crippen LogP contribution in [-0.2, 0) is 10.0 Å². The summed E-state index contributed by atoms with van der Waals surface area (Å²) in [6.45, 7) is 1.37. The van der Waals surface area contributed by atoms with Crippen LogP contribution in [0.15, 0.2) is 22.6 Å². The van der Waals surface area contributed by atoms with Crippen LogP contribution in [0.1, 0.15) is 6.92 Å². The Bertz CT molecular complexity index is 767.